The van der Waals surface area contributed by atoms with Crippen molar-refractivity contribution in [2.24, 2.45) is 5.92 Å². The molecule has 0 radical (unpaired) electrons. The van der Waals surface area contributed by atoms with Crippen LogP contribution in [0.3, 0.4) is 0 Å². The molecule has 1 aromatic carbocycles. The lowest BCUT2D eigenvalue weighted by Gasteiger charge is -2.37. The van der Waals surface area contributed by atoms with Crippen LogP contribution < -0.4 is 4.74 Å². The average Bonchev–Trinajstić information content (AvgIpc) is 3.32. The topological polar surface area (TPSA) is 59.1 Å². The van der Waals surface area contributed by atoms with E-state index >= 15 is 0 Å². The number of rotatable bonds is 8. The standard InChI is InChI=1S/C27H34N2O4S/c1-18-5-8-24(19(2)14-18)33-17-23-22-10-13-34-25(22)9-11-29(23)26(30)16-28(27(31)20-6-7-20)15-21-4-3-12-32-21/h5,8,10,13-14,20-21,23H,3-4,6-7,9,11-12,15-17H2,1-2H3. The van der Waals surface area contributed by atoms with Crippen LogP contribution in [0.1, 0.15) is 53.3 Å². The first-order valence-electron chi connectivity index (χ1n) is 12.5. The fourth-order valence-electron chi connectivity index (χ4n) is 5.11. The zero-order valence-electron chi connectivity index (χ0n) is 20.1. The SMILES string of the molecule is Cc1ccc(OCC2c3ccsc3CCN2C(=O)CN(CC2CCCO2)C(=O)C2CC2)c(C)c1. The molecule has 2 aliphatic heterocycles. The van der Waals surface area contributed by atoms with Gasteiger partial charge in [0.2, 0.25) is 11.8 Å². The number of hydrogen-bond acceptors (Lipinski definition) is 5. The van der Waals surface area contributed by atoms with E-state index in [0.29, 0.717) is 19.7 Å². The molecule has 3 heterocycles. The smallest absolute Gasteiger partial charge is 0.242 e. The van der Waals surface area contributed by atoms with Gasteiger partial charge in [-0.1, -0.05) is 17.7 Å². The molecule has 1 saturated carbocycles. The maximum absolute atomic E-state index is 13.6. The lowest BCUT2D eigenvalue weighted by atomic mass is 10.00. The third-order valence-corrected chi connectivity index (χ3v) is 8.15. The summed E-state index contributed by atoms with van der Waals surface area (Å²) in [7, 11) is 0. The molecule has 182 valence electrons. The van der Waals surface area contributed by atoms with Crippen LogP contribution in [-0.2, 0) is 20.7 Å². The van der Waals surface area contributed by atoms with Crippen molar-refractivity contribution in [2.75, 3.05) is 32.8 Å². The predicted molar refractivity (Wildman–Crippen MR) is 132 cm³/mol. The minimum atomic E-state index is -0.149. The van der Waals surface area contributed by atoms with Gasteiger partial charge >= 0.3 is 0 Å². The van der Waals surface area contributed by atoms with E-state index in [-0.39, 0.29) is 36.4 Å². The van der Waals surface area contributed by atoms with Crippen molar-refractivity contribution in [1.29, 1.82) is 0 Å². The Morgan fingerprint density at radius 1 is 1.21 bits per heavy atom. The molecule has 1 aliphatic carbocycles. The Labute approximate surface area is 205 Å². The second kappa shape index (κ2) is 10.1. The van der Waals surface area contributed by atoms with Crippen LogP contribution in [0, 0.1) is 19.8 Å². The van der Waals surface area contributed by atoms with E-state index in [0.717, 1.165) is 50.0 Å². The average molecular weight is 483 g/mol. The van der Waals surface area contributed by atoms with E-state index in [9.17, 15) is 9.59 Å². The van der Waals surface area contributed by atoms with Crippen molar-refractivity contribution >= 4 is 23.2 Å². The normalized spacial score (nSPS) is 21.9. The minimum Gasteiger partial charge on any atom is -0.491 e. The summed E-state index contributed by atoms with van der Waals surface area (Å²) in [5.74, 6) is 1.05. The molecule has 1 aromatic heterocycles. The molecule has 0 N–H and O–H groups in total. The summed E-state index contributed by atoms with van der Waals surface area (Å²) in [6, 6.07) is 8.14. The molecule has 3 aliphatic rings. The molecule has 2 fully saturated rings. The molecular weight excluding hydrogens is 448 g/mol. The van der Waals surface area contributed by atoms with Gasteiger partial charge in [0, 0.05) is 30.5 Å². The highest BCUT2D eigenvalue weighted by Gasteiger charge is 2.38. The Bertz CT molecular complexity index is 1040. The molecule has 1 saturated heterocycles. The summed E-state index contributed by atoms with van der Waals surface area (Å²) in [5, 5.41) is 2.10. The number of benzene rings is 1. The predicted octanol–water partition coefficient (Wildman–Crippen LogP) is 4.29. The Balaban J connectivity index is 1.32. The number of carbonyl (C=O) groups is 2. The first-order chi connectivity index (χ1) is 16.5. The van der Waals surface area contributed by atoms with Crippen molar-refractivity contribution in [3.63, 3.8) is 0 Å². The molecule has 7 heteroatoms. The first kappa shape index (κ1) is 23.4. The highest BCUT2D eigenvalue weighted by molar-refractivity contribution is 7.10. The van der Waals surface area contributed by atoms with Crippen molar-refractivity contribution in [3.8, 4) is 5.75 Å². The lowest BCUT2D eigenvalue weighted by Crippen LogP contribution is -2.49. The van der Waals surface area contributed by atoms with Gasteiger partial charge in [-0.05, 0) is 74.6 Å². The lowest BCUT2D eigenvalue weighted by molar-refractivity contribution is -0.144. The zero-order chi connectivity index (χ0) is 23.7. The Morgan fingerprint density at radius 2 is 2.06 bits per heavy atom. The fourth-order valence-corrected chi connectivity index (χ4v) is 6.04. The molecule has 2 unspecified atom stereocenters. The van der Waals surface area contributed by atoms with Gasteiger partial charge in [0.1, 0.15) is 12.4 Å². The van der Waals surface area contributed by atoms with Gasteiger partial charge in [-0.25, -0.2) is 0 Å². The summed E-state index contributed by atoms with van der Waals surface area (Å²) in [5.41, 5.74) is 3.47. The van der Waals surface area contributed by atoms with E-state index in [1.54, 1.807) is 16.2 Å². The number of amides is 2. The molecule has 2 amide bonds. The van der Waals surface area contributed by atoms with Crippen molar-refractivity contribution in [3.05, 3.63) is 51.2 Å². The van der Waals surface area contributed by atoms with E-state index in [1.807, 2.05) is 11.0 Å². The summed E-state index contributed by atoms with van der Waals surface area (Å²) in [4.78, 5) is 31.7. The van der Waals surface area contributed by atoms with Crippen LogP contribution in [0.25, 0.3) is 0 Å². The van der Waals surface area contributed by atoms with Crippen LogP contribution >= 0.6 is 11.3 Å². The second-order valence-corrected chi connectivity index (χ2v) is 10.9. The van der Waals surface area contributed by atoms with Gasteiger partial charge in [0.05, 0.1) is 18.7 Å². The number of fused-ring (bicyclic) bond motifs is 1. The van der Waals surface area contributed by atoms with Gasteiger partial charge in [0.25, 0.3) is 0 Å². The van der Waals surface area contributed by atoms with Crippen LogP contribution in [0.15, 0.2) is 29.6 Å². The molecule has 2 aromatic rings. The van der Waals surface area contributed by atoms with Crippen LogP contribution in [0.5, 0.6) is 5.75 Å². The quantitative estimate of drug-likeness (QED) is 0.563. The first-order valence-corrected chi connectivity index (χ1v) is 13.3. The van der Waals surface area contributed by atoms with Crippen molar-refractivity contribution in [2.45, 2.75) is 58.1 Å². The summed E-state index contributed by atoms with van der Waals surface area (Å²) in [6.07, 6.45) is 4.74. The zero-order valence-corrected chi connectivity index (χ0v) is 20.9. The largest absolute Gasteiger partial charge is 0.491 e. The summed E-state index contributed by atoms with van der Waals surface area (Å²) in [6.45, 7) is 6.56. The second-order valence-electron chi connectivity index (χ2n) is 9.86. The molecular formula is C27H34N2O4S. The third kappa shape index (κ3) is 5.15. The Hall–Kier alpha value is -2.38. The number of nitrogens with zero attached hydrogens (tertiary/aromatic N) is 2. The Morgan fingerprint density at radius 3 is 2.79 bits per heavy atom. The van der Waals surface area contributed by atoms with E-state index in [2.05, 4.69) is 37.4 Å². The Kier molecular flexibility index (Phi) is 6.93. The minimum absolute atomic E-state index is 0.00178. The molecule has 5 rings (SSSR count). The molecule has 0 bridgehead atoms. The van der Waals surface area contributed by atoms with Crippen LogP contribution in [-0.4, -0.2) is 60.6 Å². The monoisotopic (exact) mass is 482 g/mol. The van der Waals surface area contributed by atoms with Crippen molar-refractivity contribution < 1.29 is 19.1 Å². The van der Waals surface area contributed by atoms with Gasteiger partial charge in [-0.2, -0.15) is 0 Å². The van der Waals surface area contributed by atoms with Gasteiger partial charge in [-0.15, -0.1) is 11.3 Å². The highest BCUT2D eigenvalue weighted by atomic mass is 32.1. The summed E-state index contributed by atoms with van der Waals surface area (Å²) < 4.78 is 12.0. The van der Waals surface area contributed by atoms with E-state index in [4.69, 9.17) is 9.47 Å². The van der Waals surface area contributed by atoms with Crippen molar-refractivity contribution in [1.82, 2.24) is 9.80 Å². The number of hydrogen-bond donors (Lipinski definition) is 0. The van der Waals surface area contributed by atoms with E-state index < -0.39 is 0 Å². The third-order valence-electron chi connectivity index (χ3n) is 7.15. The maximum atomic E-state index is 13.6. The van der Waals surface area contributed by atoms with Gasteiger partial charge in [-0.3, -0.25) is 9.59 Å². The van der Waals surface area contributed by atoms with E-state index in [1.165, 1.54) is 16.0 Å². The molecule has 34 heavy (non-hydrogen) atoms. The number of ether oxygens (including phenoxy) is 2. The highest BCUT2D eigenvalue weighted by Crippen LogP contribution is 2.35. The number of carbonyl (C=O) groups excluding carboxylic acids is 2. The number of aryl methyl sites for hydroxylation is 2. The van der Waals surface area contributed by atoms with Gasteiger partial charge < -0.3 is 19.3 Å². The molecule has 0 spiro atoms. The molecule has 2 atom stereocenters. The van der Waals surface area contributed by atoms with Crippen LogP contribution in [0.4, 0.5) is 0 Å². The van der Waals surface area contributed by atoms with Gasteiger partial charge in [0.15, 0.2) is 0 Å². The fraction of sp³-hybridized carbons (Fsp3) is 0.556. The van der Waals surface area contributed by atoms with Crippen LogP contribution in [0.2, 0.25) is 0 Å². The molecule has 6 nitrogen and oxygen atoms in total. The summed E-state index contributed by atoms with van der Waals surface area (Å²) >= 11 is 1.75. The maximum Gasteiger partial charge on any atom is 0.242 e. The number of thiophene rings is 1.